The first-order valence-electron chi connectivity index (χ1n) is 9.74. The molecule has 0 spiro atoms. The van der Waals surface area contributed by atoms with E-state index in [-0.39, 0.29) is 5.92 Å². The normalized spacial score (nSPS) is 31.6. The molecule has 8 heteroatoms. The quantitative estimate of drug-likeness (QED) is 0.729. The predicted molar refractivity (Wildman–Crippen MR) is 96.4 cm³/mol. The van der Waals surface area contributed by atoms with Crippen LogP contribution in [0.1, 0.15) is 18.5 Å². The number of morpholine rings is 1. The highest BCUT2D eigenvalue weighted by atomic mass is 16.5. The van der Waals surface area contributed by atoms with Gasteiger partial charge in [-0.1, -0.05) is 5.21 Å². The molecule has 1 amide bonds. The van der Waals surface area contributed by atoms with Crippen molar-refractivity contribution in [3.63, 3.8) is 0 Å². The molecule has 2 bridgehead atoms. The number of carbonyl (C=O) groups excluding carboxylic acids is 1. The number of fused-ring (bicyclic) bond motifs is 3. The van der Waals surface area contributed by atoms with Gasteiger partial charge in [0.05, 0.1) is 31.4 Å². The second kappa shape index (κ2) is 7.62. The molecular weight excluding hydrogens is 332 g/mol. The number of hydrogen-bond acceptors (Lipinski definition) is 6. The van der Waals surface area contributed by atoms with E-state index in [4.69, 9.17) is 4.74 Å². The Hall–Kier alpha value is -1.51. The van der Waals surface area contributed by atoms with Gasteiger partial charge in [-0.2, -0.15) is 0 Å². The molecular formula is C18H30N6O2. The topological polar surface area (TPSA) is 66.7 Å². The average Bonchev–Trinajstić information content (AvgIpc) is 3.08. The van der Waals surface area contributed by atoms with Crippen molar-refractivity contribution >= 4 is 5.91 Å². The minimum absolute atomic E-state index is 0.165. The van der Waals surface area contributed by atoms with E-state index in [0.717, 1.165) is 57.8 Å². The molecule has 5 heterocycles. The molecule has 1 unspecified atom stereocenters. The van der Waals surface area contributed by atoms with E-state index in [0.29, 0.717) is 31.1 Å². The number of carbonyl (C=O) groups is 1. The van der Waals surface area contributed by atoms with Gasteiger partial charge in [0.1, 0.15) is 0 Å². The van der Waals surface area contributed by atoms with Crippen LogP contribution >= 0.6 is 0 Å². The van der Waals surface area contributed by atoms with Crippen LogP contribution < -0.4 is 0 Å². The molecule has 4 saturated heterocycles. The van der Waals surface area contributed by atoms with E-state index >= 15 is 0 Å². The molecule has 0 aliphatic carbocycles. The van der Waals surface area contributed by atoms with E-state index in [1.54, 1.807) is 0 Å². The van der Waals surface area contributed by atoms with E-state index in [2.05, 4.69) is 26.3 Å². The van der Waals surface area contributed by atoms with Crippen LogP contribution in [0.2, 0.25) is 0 Å². The predicted octanol–water partition coefficient (Wildman–Crippen LogP) is -0.0911. The second-order valence-corrected chi connectivity index (χ2v) is 8.15. The maximum absolute atomic E-state index is 12.9. The highest BCUT2D eigenvalue weighted by Crippen LogP contribution is 2.37. The molecule has 1 aromatic rings. The molecule has 5 rings (SSSR count). The molecule has 4 fully saturated rings. The van der Waals surface area contributed by atoms with Gasteiger partial charge in [0.2, 0.25) is 5.91 Å². The summed E-state index contributed by atoms with van der Waals surface area (Å²) >= 11 is 0. The number of aromatic nitrogens is 3. The fourth-order valence-corrected chi connectivity index (χ4v) is 4.67. The van der Waals surface area contributed by atoms with Gasteiger partial charge in [-0.3, -0.25) is 14.4 Å². The Kier molecular flexibility index (Phi) is 5.24. The Morgan fingerprint density at radius 2 is 2.12 bits per heavy atom. The van der Waals surface area contributed by atoms with Crippen molar-refractivity contribution in [3.8, 4) is 0 Å². The summed E-state index contributed by atoms with van der Waals surface area (Å²) in [6, 6.07) is 0.469. The SMILES string of the molecule is CN(C)Cc1cn(C[C@H]2C[C@@H]3CCN2C[C@@H]3C(=O)N2CCOCC2)nn1. The lowest BCUT2D eigenvalue weighted by Crippen LogP contribution is -2.59. The van der Waals surface area contributed by atoms with Gasteiger partial charge in [-0.05, 0) is 39.4 Å². The highest BCUT2D eigenvalue weighted by molar-refractivity contribution is 5.79. The number of nitrogens with zero attached hydrogens (tertiary/aromatic N) is 6. The van der Waals surface area contributed by atoms with Gasteiger partial charge in [-0.15, -0.1) is 5.10 Å². The van der Waals surface area contributed by atoms with Crippen LogP contribution in [0.25, 0.3) is 0 Å². The van der Waals surface area contributed by atoms with E-state index in [1.807, 2.05) is 23.7 Å². The number of hydrogen-bond donors (Lipinski definition) is 0. The standard InChI is InChI=1S/C18H30N6O2/c1-21(2)10-15-11-24(20-19-15)12-16-9-14-3-4-23(16)13-17(14)18(25)22-5-7-26-8-6-22/h11,14,16-17H,3-10,12-13H2,1-2H3/t14-,16+,17-/m0/s1. The number of piperidine rings is 3. The fourth-order valence-electron chi connectivity index (χ4n) is 4.67. The molecule has 0 N–H and O–H groups in total. The second-order valence-electron chi connectivity index (χ2n) is 8.15. The van der Waals surface area contributed by atoms with Gasteiger partial charge >= 0.3 is 0 Å². The first-order chi connectivity index (χ1) is 12.6. The summed E-state index contributed by atoms with van der Waals surface area (Å²) in [4.78, 5) is 19.5. The molecule has 0 saturated carbocycles. The van der Waals surface area contributed by atoms with Gasteiger partial charge in [0.25, 0.3) is 0 Å². The molecule has 0 radical (unpaired) electrons. The van der Waals surface area contributed by atoms with Crippen LogP contribution in [0, 0.1) is 11.8 Å². The Morgan fingerprint density at radius 1 is 1.31 bits per heavy atom. The van der Waals surface area contributed by atoms with Gasteiger partial charge in [-0.25, -0.2) is 0 Å². The van der Waals surface area contributed by atoms with Crippen molar-refractivity contribution in [2.24, 2.45) is 11.8 Å². The summed E-state index contributed by atoms with van der Waals surface area (Å²) in [5.41, 5.74) is 1.01. The minimum Gasteiger partial charge on any atom is -0.378 e. The van der Waals surface area contributed by atoms with Crippen molar-refractivity contribution in [3.05, 3.63) is 11.9 Å². The third-order valence-corrected chi connectivity index (χ3v) is 5.98. The van der Waals surface area contributed by atoms with Crippen molar-refractivity contribution in [2.75, 3.05) is 53.5 Å². The van der Waals surface area contributed by atoms with Crippen LogP contribution in [0.4, 0.5) is 0 Å². The van der Waals surface area contributed by atoms with Crippen molar-refractivity contribution in [1.29, 1.82) is 0 Å². The van der Waals surface area contributed by atoms with Crippen LogP contribution in [-0.2, 0) is 22.6 Å². The molecule has 4 atom stereocenters. The Balaban J connectivity index is 1.36. The summed E-state index contributed by atoms with van der Waals surface area (Å²) < 4.78 is 7.36. The summed E-state index contributed by atoms with van der Waals surface area (Å²) in [6.07, 6.45) is 4.28. The van der Waals surface area contributed by atoms with Crippen LogP contribution in [0.3, 0.4) is 0 Å². The molecule has 26 heavy (non-hydrogen) atoms. The average molecular weight is 362 g/mol. The van der Waals surface area contributed by atoms with Crippen molar-refractivity contribution in [2.45, 2.75) is 32.0 Å². The first-order valence-corrected chi connectivity index (χ1v) is 9.74. The smallest absolute Gasteiger partial charge is 0.227 e. The molecule has 8 nitrogen and oxygen atoms in total. The molecule has 4 aliphatic heterocycles. The van der Waals surface area contributed by atoms with Crippen molar-refractivity contribution < 1.29 is 9.53 Å². The lowest BCUT2D eigenvalue weighted by atomic mass is 9.75. The van der Waals surface area contributed by atoms with Crippen LogP contribution in [0.15, 0.2) is 6.20 Å². The van der Waals surface area contributed by atoms with Crippen molar-refractivity contribution in [1.82, 2.24) is 29.7 Å². The highest BCUT2D eigenvalue weighted by Gasteiger charge is 2.44. The molecule has 1 aromatic heterocycles. The summed E-state index contributed by atoms with van der Waals surface area (Å²) in [7, 11) is 4.08. The summed E-state index contributed by atoms with van der Waals surface area (Å²) in [5, 5.41) is 8.57. The van der Waals surface area contributed by atoms with E-state index < -0.39 is 0 Å². The Morgan fingerprint density at radius 3 is 2.81 bits per heavy atom. The summed E-state index contributed by atoms with van der Waals surface area (Å²) in [5.74, 6) is 1.01. The largest absolute Gasteiger partial charge is 0.378 e. The van der Waals surface area contributed by atoms with Gasteiger partial charge < -0.3 is 14.5 Å². The lowest BCUT2D eigenvalue weighted by Gasteiger charge is -2.50. The third-order valence-electron chi connectivity index (χ3n) is 5.98. The van der Waals surface area contributed by atoms with Gasteiger partial charge in [0, 0.05) is 38.4 Å². The molecule has 0 aromatic carbocycles. The monoisotopic (exact) mass is 362 g/mol. The maximum Gasteiger partial charge on any atom is 0.227 e. The minimum atomic E-state index is 0.165. The molecule has 144 valence electrons. The van der Waals surface area contributed by atoms with E-state index in [9.17, 15) is 4.79 Å². The first kappa shape index (κ1) is 17.9. The zero-order valence-electron chi connectivity index (χ0n) is 15.9. The number of ether oxygens (including phenoxy) is 1. The Labute approximate surface area is 155 Å². The van der Waals surface area contributed by atoms with E-state index in [1.165, 1.54) is 0 Å². The van der Waals surface area contributed by atoms with Crippen LogP contribution in [-0.4, -0.2) is 95.1 Å². The van der Waals surface area contributed by atoms with Crippen LogP contribution in [0.5, 0.6) is 0 Å². The zero-order valence-corrected chi connectivity index (χ0v) is 15.9. The lowest BCUT2D eigenvalue weighted by molar-refractivity contribution is -0.148. The number of amides is 1. The Bertz CT molecular complexity index is 627. The number of rotatable bonds is 5. The van der Waals surface area contributed by atoms with Gasteiger partial charge in [0.15, 0.2) is 0 Å². The maximum atomic E-state index is 12.9. The fraction of sp³-hybridized carbons (Fsp3) is 0.833. The zero-order chi connectivity index (χ0) is 18.1. The third kappa shape index (κ3) is 3.77. The summed E-state index contributed by atoms with van der Waals surface area (Å²) in [6.45, 7) is 6.53. The molecule has 4 aliphatic rings.